The molecule has 0 spiro atoms. The van der Waals surface area contributed by atoms with E-state index in [1.807, 2.05) is 10.7 Å². The van der Waals surface area contributed by atoms with Gasteiger partial charge in [0.25, 0.3) is 5.91 Å². The highest BCUT2D eigenvalue weighted by molar-refractivity contribution is 6.03. The molecule has 1 saturated carbocycles. The van der Waals surface area contributed by atoms with Crippen LogP contribution in [0.4, 0.5) is 5.69 Å². The van der Waals surface area contributed by atoms with E-state index in [1.165, 1.54) is 0 Å². The number of carbonyl (C=O) groups excluding carboxylic acids is 1. The van der Waals surface area contributed by atoms with E-state index in [9.17, 15) is 9.59 Å². The summed E-state index contributed by atoms with van der Waals surface area (Å²) >= 11 is 0. The number of carboxylic acid groups (broad SMARTS) is 1. The Bertz CT molecular complexity index is 814. The molecule has 1 fully saturated rings. The molecular formula is C19H23N3O4. The van der Waals surface area contributed by atoms with Crippen LogP contribution in [0.25, 0.3) is 0 Å². The number of amides is 1. The Labute approximate surface area is 152 Å². The zero-order valence-electron chi connectivity index (χ0n) is 15.2. The van der Waals surface area contributed by atoms with E-state index in [2.05, 4.69) is 31.2 Å². The number of hydrogen-bond donors (Lipinski definition) is 2. The van der Waals surface area contributed by atoms with Crippen molar-refractivity contribution in [2.75, 3.05) is 11.9 Å². The van der Waals surface area contributed by atoms with Crippen molar-refractivity contribution in [3.63, 3.8) is 0 Å². The number of anilines is 1. The number of ether oxygens (including phenoxy) is 1. The third-order valence-corrected chi connectivity index (χ3v) is 4.08. The first-order valence-corrected chi connectivity index (χ1v) is 8.60. The van der Waals surface area contributed by atoms with Gasteiger partial charge >= 0.3 is 5.97 Å². The molecule has 1 amide bonds. The van der Waals surface area contributed by atoms with Gasteiger partial charge in [-0.25, -0.2) is 4.79 Å². The molecule has 2 aromatic rings. The maximum atomic E-state index is 12.6. The third-order valence-electron chi connectivity index (χ3n) is 4.08. The topological polar surface area (TPSA) is 93.5 Å². The van der Waals surface area contributed by atoms with Crippen molar-refractivity contribution in [2.45, 2.75) is 45.1 Å². The van der Waals surface area contributed by atoms with E-state index in [1.54, 1.807) is 24.3 Å². The van der Waals surface area contributed by atoms with Gasteiger partial charge in [-0.15, -0.1) is 0 Å². The minimum Gasteiger partial charge on any atom is -0.482 e. The van der Waals surface area contributed by atoms with E-state index in [0.717, 1.165) is 18.5 Å². The number of benzene rings is 1. The first-order chi connectivity index (χ1) is 12.2. The van der Waals surface area contributed by atoms with Crippen LogP contribution in [0.15, 0.2) is 30.3 Å². The van der Waals surface area contributed by atoms with Gasteiger partial charge in [0, 0.05) is 17.3 Å². The molecule has 1 aromatic heterocycles. The van der Waals surface area contributed by atoms with Gasteiger partial charge in [0.2, 0.25) is 0 Å². The second-order valence-corrected chi connectivity index (χ2v) is 7.47. The molecule has 0 radical (unpaired) electrons. The number of rotatable bonds is 6. The van der Waals surface area contributed by atoms with Gasteiger partial charge in [0.1, 0.15) is 5.75 Å². The Balaban J connectivity index is 1.71. The lowest BCUT2D eigenvalue weighted by Gasteiger charge is -2.22. The quantitative estimate of drug-likeness (QED) is 0.828. The van der Waals surface area contributed by atoms with E-state index in [0.29, 0.717) is 23.0 Å². The Hall–Kier alpha value is -2.83. The van der Waals surface area contributed by atoms with Crippen LogP contribution in [-0.2, 0) is 10.3 Å². The highest BCUT2D eigenvalue weighted by Crippen LogP contribution is 2.41. The van der Waals surface area contributed by atoms with Crippen LogP contribution in [-0.4, -0.2) is 33.4 Å². The van der Waals surface area contributed by atoms with E-state index in [4.69, 9.17) is 9.84 Å². The summed E-state index contributed by atoms with van der Waals surface area (Å²) in [6.07, 6.45) is 2.28. The van der Waals surface area contributed by atoms with E-state index >= 15 is 0 Å². The fraction of sp³-hybridized carbons (Fsp3) is 0.421. The molecule has 7 heteroatoms. The van der Waals surface area contributed by atoms with Gasteiger partial charge in [-0.05, 0) is 63.9 Å². The van der Waals surface area contributed by atoms with Crippen LogP contribution < -0.4 is 10.1 Å². The SMILES string of the molecule is CC(C)(C)n1nc(C(=O)Nc2ccc(OCC(=O)O)cc2)cc1C1CC1. The highest BCUT2D eigenvalue weighted by atomic mass is 16.5. The zero-order valence-corrected chi connectivity index (χ0v) is 15.2. The largest absolute Gasteiger partial charge is 0.482 e. The van der Waals surface area contributed by atoms with Crippen molar-refractivity contribution in [1.82, 2.24) is 9.78 Å². The van der Waals surface area contributed by atoms with Crippen LogP contribution in [0.1, 0.15) is 55.7 Å². The maximum absolute atomic E-state index is 12.6. The Morgan fingerprint density at radius 2 is 1.92 bits per heavy atom. The van der Waals surface area contributed by atoms with Gasteiger partial charge in [-0.3, -0.25) is 9.48 Å². The van der Waals surface area contributed by atoms with Crippen molar-refractivity contribution in [2.24, 2.45) is 0 Å². The van der Waals surface area contributed by atoms with Crippen LogP contribution >= 0.6 is 0 Å². The molecular weight excluding hydrogens is 334 g/mol. The van der Waals surface area contributed by atoms with Crippen LogP contribution in [0.5, 0.6) is 5.75 Å². The van der Waals surface area contributed by atoms with E-state index < -0.39 is 12.6 Å². The standard InChI is InChI=1S/C19H23N3O4/c1-19(2,3)22-16(12-4-5-12)10-15(21-22)18(25)20-13-6-8-14(9-7-13)26-11-17(23)24/h6-10,12H,4-5,11H2,1-3H3,(H,20,25)(H,23,24). The molecule has 26 heavy (non-hydrogen) atoms. The molecule has 138 valence electrons. The van der Waals surface area contributed by atoms with Crippen molar-refractivity contribution in [3.8, 4) is 5.75 Å². The van der Waals surface area contributed by atoms with Crippen LogP contribution in [0.3, 0.4) is 0 Å². The second-order valence-electron chi connectivity index (χ2n) is 7.47. The van der Waals surface area contributed by atoms with Crippen molar-refractivity contribution in [3.05, 3.63) is 41.7 Å². The summed E-state index contributed by atoms with van der Waals surface area (Å²) in [5.41, 5.74) is 1.92. The molecule has 0 saturated heterocycles. The number of hydrogen-bond acceptors (Lipinski definition) is 4. The Kier molecular flexibility index (Phi) is 4.71. The molecule has 7 nitrogen and oxygen atoms in total. The average molecular weight is 357 g/mol. The fourth-order valence-electron chi connectivity index (χ4n) is 2.69. The smallest absolute Gasteiger partial charge is 0.341 e. The molecule has 0 bridgehead atoms. The Morgan fingerprint density at radius 3 is 2.46 bits per heavy atom. The van der Waals surface area contributed by atoms with Crippen molar-refractivity contribution < 1.29 is 19.4 Å². The second kappa shape index (κ2) is 6.82. The molecule has 0 atom stereocenters. The third kappa shape index (κ3) is 4.22. The van der Waals surface area contributed by atoms with Crippen molar-refractivity contribution >= 4 is 17.6 Å². The summed E-state index contributed by atoms with van der Waals surface area (Å²) in [7, 11) is 0. The van der Waals surface area contributed by atoms with Crippen LogP contribution in [0, 0.1) is 0 Å². The summed E-state index contributed by atoms with van der Waals surface area (Å²) in [4.78, 5) is 23.1. The lowest BCUT2D eigenvalue weighted by atomic mass is 10.1. The molecule has 0 aliphatic heterocycles. The minimum absolute atomic E-state index is 0.181. The number of aliphatic carboxylic acids is 1. The summed E-state index contributed by atoms with van der Waals surface area (Å²) in [6.45, 7) is 5.82. The maximum Gasteiger partial charge on any atom is 0.341 e. The lowest BCUT2D eigenvalue weighted by molar-refractivity contribution is -0.139. The lowest BCUT2D eigenvalue weighted by Crippen LogP contribution is -2.25. The monoisotopic (exact) mass is 357 g/mol. The first kappa shape index (κ1) is 18.0. The Morgan fingerprint density at radius 1 is 1.27 bits per heavy atom. The van der Waals surface area contributed by atoms with Crippen LogP contribution in [0.2, 0.25) is 0 Å². The number of carbonyl (C=O) groups is 2. The normalized spacial score (nSPS) is 14.1. The highest BCUT2D eigenvalue weighted by Gasteiger charge is 2.32. The zero-order chi connectivity index (χ0) is 18.9. The summed E-state index contributed by atoms with van der Waals surface area (Å²) in [5, 5.41) is 15.9. The predicted octanol–water partition coefficient (Wildman–Crippen LogP) is 3.23. The van der Waals surface area contributed by atoms with Gasteiger partial charge in [-0.2, -0.15) is 5.10 Å². The predicted molar refractivity (Wildman–Crippen MR) is 96.7 cm³/mol. The fourth-order valence-corrected chi connectivity index (χ4v) is 2.69. The minimum atomic E-state index is -1.04. The van der Waals surface area contributed by atoms with Gasteiger partial charge in [-0.1, -0.05) is 0 Å². The number of aromatic nitrogens is 2. The molecule has 1 aromatic carbocycles. The number of carboxylic acids is 1. The molecule has 1 heterocycles. The van der Waals surface area contributed by atoms with Gasteiger partial charge in [0.15, 0.2) is 12.3 Å². The molecule has 1 aliphatic rings. The molecule has 1 aliphatic carbocycles. The van der Waals surface area contributed by atoms with Gasteiger partial charge < -0.3 is 15.2 Å². The summed E-state index contributed by atoms with van der Waals surface area (Å²) < 4.78 is 7.02. The molecule has 3 rings (SSSR count). The summed E-state index contributed by atoms with van der Waals surface area (Å²) in [6, 6.07) is 8.43. The number of nitrogens with one attached hydrogen (secondary N) is 1. The first-order valence-electron chi connectivity index (χ1n) is 8.60. The molecule has 2 N–H and O–H groups in total. The van der Waals surface area contributed by atoms with E-state index in [-0.39, 0.29) is 11.4 Å². The van der Waals surface area contributed by atoms with Crippen molar-refractivity contribution in [1.29, 1.82) is 0 Å². The average Bonchev–Trinajstić information content (AvgIpc) is 3.30. The van der Waals surface area contributed by atoms with Gasteiger partial charge in [0.05, 0.1) is 5.54 Å². The summed E-state index contributed by atoms with van der Waals surface area (Å²) in [5.74, 6) is -0.384. The molecule has 0 unspecified atom stereocenters. The number of nitrogens with zero attached hydrogens (tertiary/aromatic N) is 2.